The van der Waals surface area contributed by atoms with Gasteiger partial charge in [0.25, 0.3) is 0 Å². The van der Waals surface area contributed by atoms with Crippen molar-refractivity contribution in [1.29, 1.82) is 0 Å². The summed E-state index contributed by atoms with van der Waals surface area (Å²) in [6, 6.07) is 1.12. The number of aromatic nitrogens is 4. The van der Waals surface area contributed by atoms with E-state index >= 15 is 0 Å². The van der Waals surface area contributed by atoms with Crippen molar-refractivity contribution in [3.8, 4) is 0 Å². The molecule has 3 aliphatic rings. The van der Waals surface area contributed by atoms with Gasteiger partial charge in [-0.05, 0) is 50.5 Å². The van der Waals surface area contributed by atoms with E-state index in [1.54, 1.807) is 10.9 Å². The zero-order valence-electron chi connectivity index (χ0n) is 19.5. The fourth-order valence-electron chi connectivity index (χ4n) is 5.66. The number of hydrogen-bond acceptors (Lipinski definition) is 9. The summed E-state index contributed by atoms with van der Waals surface area (Å²) in [6.07, 6.45) is 11.9. The maximum atomic E-state index is 9.16. The second-order valence-electron chi connectivity index (χ2n) is 9.57. The predicted molar refractivity (Wildman–Crippen MR) is 134 cm³/mol. The molecule has 182 valence electrons. The number of anilines is 3. The first-order chi connectivity index (χ1) is 16.8. The molecular formula is C24H33N7O2S. The van der Waals surface area contributed by atoms with Crippen LogP contribution in [0.15, 0.2) is 12.4 Å². The zero-order chi connectivity index (χ0) is 22.9. The third-order valence-electron chi connectivity index (χ3n) is 7.38. The Hall–Kier alpha value is -2.27. The SMILES string of the molecule is OCCn1cc(Nc2nc(N[C@H]3CC[C@H](N4CCOCC4)CC3)c3c4c(sc3n2)CCC4)cn1. The van der Waals surface area contributed by atoms with Gasteiger partial charge in [0.2, 0.25) is 5.95 Å². The molecule has 0 radical (unpaired) electrons. The van der Waals surface area contributed by atoms with E-state index in [9.17, 15) is 0 Å². The Bertz CT molecular complexity index is 1130. The average Bonchev–Trinajstić information content (AvgIpc) is 3.57. The van der Waals surface area contributed by atoms with Gasteiger partial charge in [-0.3, -0.25) is 9.58 Å². The summed E-state index contributed by atoms with van der Waals surface area (Å²) < 4.78 is 7.25. The smallest absolute Gasteiger partial charge is 0.230 e. The van der Waals surface area contributed by atoms with Gasteiger partial charge >= 0.3 is 0 Å². The maximum Gasteiger partial charge on any atom is 0.230 e. The van der Waals surface area contributed by atoms with Gasteiger partial charge in [0.05, 0.1) is 43.6 Å². The molecular weight excluding hydrogens is 450 g/mol. The van der Waals surface area contributed by atoms with Gasteiger partial charge in [-0.25, -0.2) is 4.98 Å². The quantitative estimate of drug-likeness (QED) is 0.471. The molecule has 3 N–H and O–H groups in total. The van der Waals surface area contributed by atoms with Gasteiger partial charge in [-0.1, -0.05) is 0 Å². The van der Waals surface area contributed by atoms with Crippen LogP contribution in [0.4, 0.5) is 17.5 Å². The molecule has 0 bridgehead atoms. The topological polar surface area (TPSA) is 100 Å². The van der Waals surface area contributed by atoms with E-state index in [-0.39, 0.29) is 6.61 Å². The number of nitrogens with one attached hydrogen (secondary N) is 2. The van der Waals surface area contributed by atoms with Gasteiger partial charge in [0.15, 0.2) is 0 Å². The number of rotatable bonds is 7. The van der Waals surface area contributed by atoms with Crippen LogP contribution in [0.3, 0.4) is 0 Å². The highest BCUT2D eigenvalue weighted by atomic mass is 32.1. The van der Waals surface area contributed by atoms with Crippen LogP contribution < -0.4 is 10.6 Å². The Morgan fingerprint density at radius 3 is 2.79 bits per heavy atom. The number of morpholine rings is 1. The Morgan fingerprint density at radius 2 is 1.97 bits per heavy atom. The summed E-state index contributed by atoms with van der Waals surface area (Å²) >= 11 is 1.82. The Balaban J connectivity index is 1.22. The number of aliphatic hydroxyl groups is 1. The molecule has 1 saturated carbocycles. The lowest BCUT2D eigenvalue weighted by Crippen LogP contribution is -2.46. The van der Waals surface area contributed by atoms with Crippen LogP contribution in [0.2, 0.25) is 0 Å². The van der Waals surface area contributed by atoms with Crippen molar-refractivity contribution in [3.05, 3.63) is 22.8 Å². The van der Waals surface area contributed by atoms with Crippen LogP contribution >= 0.6 is 11.3 Å². The van der Waals surface area contributed by atoms with Gasteiger partial charge in [0.1, 0.15) is 10.6 Å². The van der Waals surface area contributed by atoms with Crippen molar-refractivity contribution in [2.75, 3.05) is 43.5 Å². The highest BCUT2D eigenvalue weighted by Crippen LogP contribution is 2.41. The number of hydrogen-bond donors (Lipinski definition) is 3. The fourth-order valence-corrected chi connectivity index (χ4v) is 6.92. The van der Waals surface area contributed by atoms with Gasteiger partial charge in [0, 0.05) is 36.2 Å². The van der Waals surface area contributed by atoms with Crippen LogP contribution in [-0.2, 0) is 24.1 Å². The molecule has 6 rings (SSSR count). The van der Waals surface area contributed by atoms with E-state index in [1.807, 2.05) is 17.5 Å². The van der Waals surface area contributed by atoms with Gasteiger partial charge in [-0.15, -0.1) is 11.3 Å². The molecule has 10 heteroatoms. The second kappa shape index (κ2) is 9.77. The van der Waals surface area contributed by atoms with E-state index in [2.05, 4.69) is 20.6 Å². The van der Waals surface area contributed by atoms with E-state index in [4.69, 9.17) is 19.8 Å². The highest BCUT2D eigenvalue weighted by molar-refractivity contribution is 7.19. The lowest BCUT2D eigenvalue weighted by molar-refractivity contribution is 0.00791. The molecule has 1 saturated heterocycles. The summed E-state index contributed by atoms with van der Waals surface area (Å²) in [4.78, 5) is 15.0. The van der Waals surface area contributed by atoms with E-state index < -0.39 is 0 Å². The molecule has 9 nitrogen and oxygen atoms in total. The number of ether oxygens (including phenoxy) is 1. The Labute approximate surface area is 203 Å². The normalized spacial score (nSPS) is 23.3. The largest absolute Gasteiger partial charge is 0.394 e. The summed E-state index contributed by atoms with van der Waals surface area (Å²) in [7, 11) is 0. The Kier molecular flexibility index (Phi) is 6.38. The molecule has 0 amide bonds. The molecule has 1 aliphatic heterocycles. The minimum Gasteiger partial charge on any atom is -0.394 e. The van der Waals surface area contributed by atoms with Crippen molar-refractivity contribution in [3.63, 3.8) is 0 Å². The van der Waals surface area contributed by atoms with Crippen molar-refractivity contribution >= 4 is 39.0 Å². The molecule has 0 aromatic carbocycles. The number of thiophene rings is 1. The van der Waals surface area contributed by atoms with E-state index in [0.717, 1.165) is 68.3 Å². The van der Waals surface area contributed by atoms with Gasteiger partial charge < -0.3 is 20.5 Å². The molecule has 34 heavy (non-hydrogen) atoms. The molecule has 4 heterocycles. The maximum absolute atomic E-state index is 9.16. The van der Waals surface area contributed by atoms with E-state index in [0.29, 0.717) is 24.6 Å². The van der Waals surface area contributed by atoms with Gasteiger partial charge in [-0.2, -0.15) is 10.1 Å². The summed E-state index contributed by atoms with van der Waals surface area (Å²) in [6.45, 7) is 4.41. The Morgan fingerprint density at radius 1 is 1.12 bits per heavy atom. The summed E-state index contributed by atoms with van der Waals surface area (Å²) in [5.74, 6) is 1.57. The summed E-state index contributed by atoms with van der Waals surface area (Å²) in [5.41, 5.74) is 2.28. The van der Waals surface area contributed by atoms with Crippen LogP contribution in [0.5, 0.6) is 0 Å². The third kappa shape index (κ3) is 4.51. The fraction of sp³-hybridized carbons (Fsp3) is 0.625. The molecule has 2 aliphatic carbocycles. The number of nitrogens with zero attached hydrogens (tertiary/aromatic N) is 5. The first-order valence-corrected chi connectivity index (χ1v) is 13.4. The second-order valence-corrected chi connectivity index (χ2v) is 10.7. The summed E-state index contributed by atoms with van der Waals surface area (Å²) in [5, 5.41) is 21.8. The van der Waals surface area contributed by atoms with Crippen molar-refractivity contribution in [2.24, 2.45) is 0 Å². The first kappa shape index (κ1) is 22.2. The molecule has 3 aromatic rings. The number of aliphatic hydroxyl groups excluding tert-OH is 1. The van der Waals surface area contributed by atoms with E-state index in [1.165, 1.54) is 35.1 Å². The number of fused-ring (bicyclic) bond motifs is 3. The van der Waals surface area contributed by atoms with Crippen molar-refractivity contribution in [2.45, 2.75) is 63.6 Å². The molecule has 3 aromatic heterocycles. The monoisotopic (exact) mass is 483 g/mol. The minimum atomic E-state index is 0.0617. The van der Waals surface area contributed by atoms with Crippen molar-refractivity contribution in [1.82, 2.24) is 24.6 Å². The third-order valence-corrected chi connectivity index (χ3v) is 8.57. The molecule has 0 spiro atoms. The van der Waals surface area contributed by atoms with Crippen LogP contribution in [-0.4, -0.2) is 74.7 Å². The molecule has 0 unspecified atom stereocenters. The van der Waals surface area contributed by atoms with Crippen LogP contribution in [0.1, 0.15) is 42.5 Å². The van der Waals surface area contributed by atoms with Crippen LogP contribution in [0, 0.1) is 0 Å². The highest BCUT2D eigenvalue weighted by Gasteiger charge is 2.29. The van der Waals surface area contributed by atoms with Crippen LogP contribution in [0.25, 0.3) is 10.2 Å². The zero-order valence-corrected chi connectivity index (χ0v) is 20.3. The molecule has 0 atom stereocenters. The standard InChI is InChI=1S/C24H33N7O2S/c32-11-8-31-15-17(14-25-31)27-24-28-22(21-19-2-1-3-20(19)34-23(21)29-24)26-16-4-6-18(7-5-16)30-9-12-33-13-10-30/h14-16,18,32H,1-13H2,(H2,26,27,28,29)/t16-,18-. The first-order valence-electron chi connectivity index (χ1n) is 12.6. The lowest BCUT2D eigenvalue weighted by Gasteiger charge is -2.39. The average molecular weight is 484 g/mol. The molecule has 2 fully saturated rings. The minimum absolute atomic E-state index is 0.0617. The lowest BCUT2D eigenvalue weighted by atomic mass is 9.90. The van der Waals surface area contributed by atoms with Crippen molar-refractivity contribution < 1.29 is 9.84 Å². The number of aryl methyl sites for hydroxylation is 2. The predicted octanol–water partition coefficient (Wildman–Crippen LogP) is 3.17.